The van der Waals surface area contributed by atoms with E-state index in [9.17, 15) is 9.59 Å². The smallest absolute Gasteiger partial charge is 0.330 e. The van der Waals surface area contributed by atoms with E-state index >= 15 is 0 Å². The van der Waals surface area contributed by atoms with E-state index in [2.05, 4.69) is 10.2 Å². The van der Waals surface area contributed by atoms with E-state index in [1.807, 2.05) is 20.8 Å². The lowest BCUT2D eigenvalue weighted by Gasteiger charge is -2.38. The van der Waals surface area contributed by atoms with E-state index in [0.717, 1.165) is 45.3 Å². The molecule has 0 aliphatic carbocycles. The molecule has 6 heteroatoms. The highest BCUT2D eigenvalue weighted by atomic mass is 16.7. The number of likely N-dealkylation sites (tertiary alicyclic amines) is 1. The molecule has 2 aliphatic rings. The minimum Gasteiger partial charge on any atom is -0.367 e. The molecular weight excluding hydrogens is 282 g/mol. The van der Waals surface area contributed by atoms with Gasteiger partial charge in [-0.2, -0.15) is 0 Å². The van der Waals surface area contributed by atoms with Crippen LogP contribution in [0.25, 0.3) is 0 Å². The second-order valence-corrected chi connectivity index (χ2v) is 7.30. The summed E-state index contributed by atoms with van der Waals surface area (Å²) in [5, 5.41) is 4.54. The predicted octanol–water partition coefficient (Wildman–Crippen LogP) is 1.17. The highest BCUT2D eigenvalue weighted by molar-refractivity contribution is 5.81. The van der Waals surface area contributed by atoms with Gasteiger partial charge in [-0.15, -0.1) is 5.06 Å². The molecule has 0 aromatic heterocycles. The quantitative estimate of drug-likeness (QED) is 0.847. The second kappa shape index (κ2) is 6.96. The molecule has 22 heavy (non-hydrogen) atoms. The first-order chi connectivity index (χ1) is 10.3. The minimum absolute atomic E-state index is 0.0127. The summed E-state index contributed by atoms with van der Waals surface area (Å²) in [5.41, 5.74) is -0.476. The van der Waals surface area contributed by atoms with Crippen LogP contribution in [-0.2, 0) is 14.4 Å². The van der Waals surface area contributed by atoms with Gasteiger partial charge in [-0.1, -0.05) is 0 Å². The van der Waals surface area contributed by atoms with E-state index < -0.39 is 5.41 Å². The van der Waals surface area contributed by atoms with Crippen LogP contribution in [0.4, 0.5) is 0 Å². The normalized spacial score (nSPS) is 25.2. The molecule has 1 amide bonds. The maximum absolute atomic E-state index is 12.0. The zero-order valence-electron chi connectivity index (χ0n) is 14.2. The lowest BCUT2D eigenvalue weighted by molar-refractivity contribution is -0.206. The fraction of sp³-hybridized carbons (Fsp3) is 0.875. The summed E-state index contributed by atoms with van der Waals surface area (Å²) in [6.07, 6.45) is 3.89. The third-order valence-corrected chi connectivity index (χ3v) is 4.56. The SMILES string of the molecule is CNC(=O)[C@@H]1CCCN1C1CCN(OC(=O)C(C)(C)C)CC1. The summed E-state index contributed by atoms with van der Waals surface area (Å²) in [6, 6.07) is 0.424. The van der Waals surface area contributed by atoms with E-state index in [4.69, 9.17) is 4.84 Å². The average molecular weight is 311 g/mol. The third-order valence-electron chi connectivity index (χ3n) is 4.56. The number of hydrogen-bond donors (Lipinski definition) is 1. The number of carbonyl (C=O) groups is 2. The number of hydrogen-bond acceptors (Lipinski definition) is 5. The first-order valence-corrected chi connectivity index (χ1v) is 8.27. The minimum atomic E-state index is -0.476. The van der Waals surface area contributed by atoms with Crippen LogP contribution in [0.2, 0.25) is 0 Å². The number of likely N-dealkylation sites (N-methyl/N-ethyl adjacent to an activating group) is 1. The Morgan fingerprint density at radius 1 is 1.09 bits per heavy atom. The number of nitrogens with one attached hydrogen (secondary N) is 1. The van der Waals surface area contributed by atoms with Crippen molar-refractivity contribution in [2.24, 2.45) is 5.41 Å². The highest BCUT2D eigenvalue weighted by Crippen LogP contribution is 2.27. The van der Waals surface area contributed by atoms with Gasteiger partial charge in [0.15, 0.2) is 0 Å². The van der Waals surface area contributed by atoms with Gasteiger partial charge >= 0.3 is 5.97 Å². The van der Waals surface area contributed by atoms with E-state index in [1.165, 1.54) is 0 Å². The van der Waals surface area contributed by atoms with E-state index in [0.29, 0.717) is 6.04 Å². The lowest BCUT2D eigenvalue weighted by Crippen LogP contribution is -2.51. The topological polar surface area (TPSA) is 61.9 Å². The van der Waals surface area contributed by atoms with Crippen LogP contribution in [0.3, 0.4) is 0 Å². The van der Waals surface area contributed by atoms with Crippen LogP contribution in [0.15, 0.2) is 0 Å². The van der Waals surface area contributed by atoms with Gasteiger partial charge in [-0.3, -0.25) is 9.69 Å². The molecule has 2 heterocycles. The Morgan fingerprint density at radius 3 is 2.27 bits per heavy atom. The van der Waals surface area contributed by atoms with Crippen LogP contribution in [0.1, 0.15) is 46.5 Å². The number of rotatable bonds is 3. The maximum Gasteiger partial charge on any atom is 0.330 e. The summed E-state index contributed by atoms with van der Waals surface area (Å²) >= 11 is 0. The van der Waals surface area contributed by atoms with Gasteiger partial charge in [0, 0.05) is 26.2 Å². The van der Waals surface area contributed by atoms with Gasteiger partial charge < -0.3 is 10.2 Å². The third kappa shape index (κ3) is 3.98. The average Bonchev–Trinajstić information content (AvgIpc) is 2.95. The largest absolute Gasteiger partial charge is 0.367 e. The zero-order valence-corrected chi connectivity index (χ0v) is 14.2. The fourth-order valence-corrected chi connectivity index (χ4v) is 3.19. The molecule has 2 fully saturated rings. The first kappa shape index (κ1) is 17.2. The molecule has 6 nitrogen and oxygen atoms in total. The van der Waals surface area contributed by atoms with Gasteiger partial charge in [-0.25, -0.2) is 4.79 Å². The molecule has 0 spiro atoms. The Balaban J connectivity index is 1.84. The molecule has 1 atom stereocenters. The molecule has 1 N–H and O–H groups in total. The summed E-state index contributed by atoms with van der Waals surface area (Å²) < 4.78 is 0. The lowest BCUT2D eigenvalue weighted by atomic mass is 9.97. The first-order valence-electron chi connectivity index (χ1n) is 8.27. The van der Waals surface area contributed by atoms with Crippen LogP contribution >= 0.6 is 0 Å². The number of hydroxylamine groups is 2. The van der Waals surface area contributed by atoms with Gasteiger partial charge in [0.1, 0.15) is 0 Å². The van der Waals surface area contributed by atoms with E-state index in [1.54, 1.807) is 12.1 Å². The highest BCUT2D eigenvalue weighted by Gasteiger charge is 2.37. The molecule has 0 saturated carbocycles. The number of nitrogens with zero attached hydrogens (tertiary/aromatic N) is 2. The molecule has 126 valence electrons. The van der Waals surface area contributed by atoms with Crippen LogP contribution < -0.4 is 5.32 Å². The summed E-state index contributed by atoms with van der Waals surface area (Å²) in [6.45, 7) is 8.05. The molecule has 2 saturated heterocycles. The van der Waals surface area contributed by atoms with Crippen LogP contribution in [-0.4, -0.2) is 60.6 Å². The monoisotopic (exact) mass is 311 g/mol. The molecule has 0 bridgehead atoms. The van der Waals surface area contributed by atoms with Crippen molar-refractivity contribution in [3.63, 3.8) is 0 Å². The number of amides is 1. The van der Waals surface area contributed by atoms with Gasteiger partial charge in [-0.05, 0) is 53.0 Å². The predicted molar refractivity (Wildman–Crippen MR) is 83.9 cm³/mol. The second-order valence-electron chi connectivity index (χ2n) is 7.30. The van der Waals surface area contributed by atoms with Crippen molar-refractivity contribution in [1.29, 1.82) is 0 Å². The summed E-state index contributed by atoms with van der Waals surface area (Å²) in [7, 11) is 1.70. The van der Waals surface area contributed by atoms with Crippen molar-refractivity contribution in [3.05, 3.63) is 0 Å². The Hall–Kier alpha value is -1.14. The molecular formula is C16H29N3O3. The van der Waals surface area contributed by atoms with E-state index in [-0.39, 0.29) is 17.9 Å². The molecule has 0 aromatic carbocycles. The van der Waals surface area contributed by atoms with Crippen molar-refractivity contribution < 1.29 is 14.4 Å². The molecule has 0 unspecified atom stereocenters. The van der Waals surface area contributed by atoms with Crippen molar-refractivity contribution in [1.82, 2.24) is 15.3 Å². The van der Waals surface area contributed by atoms with Crippen molar-refractivity contribution >= 4 is 11.9 Å². The zero-order chi connectivity index (χ0) is 16.3. The Bertz CT molecular complexity index is 411. The maximum atomic E-state index is 12.0. The Morgan fingerprint density at radius 2 is 1.73 bits per heavy atom. The van der Waals surface area contributed by atoms with Crippen LogP contribution in [0, 0.1) is 5.41 Å². The number of piperidine rings is 1. The standard InChI is InChI=1S/C16H29N3O3/c1-16(2,3)15(21)22-18-10-7-12(8-11-18)19-9-5-6-13(19)14(20)17-4/h12-13H,5-11H2,1-4H3,(H,17,20)/t13-/m0/s1. The van der Waals surface area contributed by atoms with Crippen LogP contribution in [0.5, 0.6) is 0 Å². The molecule has 0 radical (unpaired) electrons. The van der Waals surface area contributed by atoms with Crippen molar-refractivity contribution in [2.45, 2.75) is 58.5 Å². The molecule has 2 aliphatic heterocycles. The van der Waals surface area contributed by atoms with Crippen molar-refractivity contribution in [3.8, 4) is 0 Å². The van der Waals surface area contributed by atoms with Crippen molar-refractivity contribution in [2.75, 3.05) is 26.7 Å². The molecule has 2 rings (SSSR count). The fourth-order valence-electron chi connectivity index (χ4n) is 3.19. The number of carbonyl (C=O) groups excluding carboxylic acids is 2. The van der Waals surface area contributed by atoms with Gasteiger partial charge in [0.2, 0.25) is 5.91 Å². The van der Waals surface area contributed by atoms with Gasteiger partial charge in [0.25, 0.3) is 0 Å². The Labute approximate surface area is 133 Å². The summed E-state index contributed by atoms with van der Waals surface area (Å²) in [4.78, 5) is 31.7. The van der Waals surface area contributed by atoms with Gasteiger partial charge in [0.05, 0.1) is 11.5 Å². The summed E-state index contributed by atoms with van der Waals surface area (Å²) in [5.74, 6) is -0.0607. The molecule has 0 aromatic rings. The Kier molecular flexibility index (Phi) is 5.45.